The van der Waals surface area contributed by atoms with Crippen molar-refractivity contribution in [2.24, 2.45) is 0 Å². The summed E-state index contributed by atoms with van der Waals surface area (Å²) < 4.78 is 5.52. The maximum atomic E-state index is 12.6. The Kier molecular flexibility index (Phi) is 81.8. The van der Waals surface area contributed by atoms with E-state index in [4.69, 9.17) is 4.74 Å². The topological polar surface area (TPSA) is 95.9 Å². The molecule has 6 heteroatoms. The zero-order valence-electron chi connectivity index (χ0n) is 63.8. The molecular formula is C87H171NO5. The van der Waals surface area contributed by atoms with Crippen LogP contribution < -0.4 is 5.32 Å². The monoisotopic (exact) mass is 1310 g/mol. The molecular weight excluding hydrogens is 1140 g/mol. The SMILES string of the molecule is CCCCCCCCCCCCCCCCCCCCCCCC(O)C(CO)NC(=O)CCCCCCCCCCCCCCCCCCC/C=C\CCCCCCCCCCCCCCCCCCCCOC(=O)CCCCCCCCCCCCCCCCCC. The highest BCUT2D eigenvalue weighted by molar-refractivity contribution is 5.76. The molecule has 0 aromatic heterocycles. The Morgan fingerprint density at radius 1 is 0.290 bits per heavy atom. The standard InChI is InChI=1S/C87H171NO5/c1-3-5-7-9-11-13-15-17-19-21-22-42-45-48-51-55-59-63-67-71-75-79-85(90)84(83-89)88-86(91)80-76-72-68-64-60-56-52-49-46-43-40-38-36-34-32-30-28-26-24-23-25-27-29-31-33-35-37-39-41-44-47-50-54-58-62-66-70-74-78-82-93-87(92)81-77-73-69-65-61-57-53-20-18-16-14-12-10-8-6-4-2/h23-24,84-85,89-90H,3-22,25-83H2,1-2H3,(H,88,91)/b24-23-. The molecule has 0 saturated carbocycles. The van der Waals surface area contributed by atoms with Gasteiger partial charge in [0.05, 0.1) is 25.4 Å². The van der Waals surface area contributed by atoms with Gasteiger partial charge in [-0.05, 0) is 51.4 Å². The minimum absolute atomic E-state index is 0.0245. The highest BCUT2D eigenvalue weighted by atomic mass is 16.5. The molecule has 0 aliphatic carbocycles. The van der Waals surface area contributed by atoms with Crippen molar-refractivity contribution in [1.82, 2.24) is 5.32 Å². The van der Waals surface area contributed by atoms with Crippen LogP contribution in [-0.2, 0) is 14.3 Å². The van der Waals surface area contributed by atoms with Gasteiger partial charge in [0.15, 0.2) is 0 Å². The first-order valence-corrected chi connectivity index (χ1v) is 43.4. The summed E-state index contributed by atoms with van der Waals surface area (Å²) in [6, 6.07) is -0.539. The number of hydrogen-bond acceptors (Lipinski definition) is 5. The van der Waals surface area contributed by atoms with Crippen molar-refractivity contribution in [3.63, 3.8) is 0 Å². The smallest absolute Gasteiger partial charge is 0.305 e. The van der Waals surface area contributed by atoms with Crippen LogP contribution in [0.25, 0.3) is 0 Å². The summed E-state index contributed by atoms with van der Waals surface area (Å²) in [5.74, 6) is 0.00284. The fourth-order valence-corrected chi connectivity index (χ4v) is 14.2. The van der Waals surface area contributed by atoms with Crippen LogP contribution in [0.2, 0.25) is 0 Å². The van der Waals surface area contributed by atoms with Crippen molar-refractivity contribution in [2.45, 2.75) is 520 Å². The summed E-state index contributed by atoms with van der Waals surface area (Å²) in [7, 11) is 0. The van der Waals surface area contributed by atoms with Gasteiger partial charge >= 0.3 is 5.97 Å². The second-order valence-electron chi connectivity index (χ2n) is 30.2. The summed E-state index contributed by atoms with van der Waals surface area (Å²) in [4.78, 5) is 24.7. The average molecular weight is 1310 g/mol. The van der Waals surface area contributed by atoms with E-state index in [2.05, 4.69) is 31.3 Å². The lowest BCUT2D eigenvalue weighted by Crippen LogP contribution is -2.45. The molecule has 3 N–H and O–H groups in total. The van der Waals surface area contributed by atoms with E-state index in [1.165, 1.54) is 437 Å². The summed E-state index contributed by atoms with van der Waals surface area (Å²) in [6.45, 7) is 5.02. The number of hydrogen-bond donors (Lipinski definition) is 3. The Morgan fingerprint density at radius 3 is 0.763 bits per heavy atom. The molecule has 554 valence electrons. The molecule has 0 bridgehead atoms. The number of aliphatic hydroxyl groups excluding tert-OH is 2. The van der Waals surface area contributed by atoms with Crippen molar-refractivity contribution in [2.75, 3.05) is 13.2 Å². The second-order valence-corrected chi connectivity index (χ2v) is 30.2. The first-order chi connectivity index (χ1) is 46.0. The maximum Gasteiger partial charge on any atom is 0.305 e. The van der Waals surface area contributed by atoms with Crippen LogP contribution in [0, 0.1) is 0 Å². The Balaban J connectivity index is 3.31. The summed E-state index contributed by atoms with van der Waals surface area (Å²) >= 11 is 0. The lowest BCUT2D eigenvalue weighted by Gasteiger charge is -2.22. The molecule has 0 saturated heterocycles. The third-order valence-corrected chi connectivity index (χ3v) is 20.8. The molecule has 0 spiro atoms. The number of nitrogens with one attached hydrogen (secondary N) is 1. The summed E-state index contributed by atoms with van der Waals surface area (Å²) in [5, 5.41) is 23.5. The van der Waals surface area contributed by atoms with Gasteiger partial charge in [-0.2, -0.15) is 0 Å². The molecule has 0 aromatic carbocycles. The van der Waals surface area contributed by atoms with Crippen molar-refractivity contribution in [3.8, 4) is 0 Å². The largest absolute Gasteiger partial charge is 0.466 e. The van der Waals surface area contributed by atoms with E-state index in [1.807, 2.05) is 0 Å². The molecule has 0 fully saturated rings. The molecule has 0 radical (unpaired) electrons. The van der Waals surface area contributed by atoms with Crippen molar-refractivity contribution in [1.29, 1.82) is 0 Å². The predicted octanol–water partition coefficient (Wildman–Crippen LogP) is 29.0. The first kappa shape index (κ1) is 91.6. The second kappa shape index (κ2) is 83.0. The van der Waals surface area contributed by atoms with Gasteiger partial charge in [0.25, 0.3) is 0 Å². The lowest BCUT2D eigenvalue weighted by atomic mass is 10.0. The molecule has 0 aromatic rings. The number of allylic oxidation sites excluding steroid dienone is 2. The number of amides is 1. The average Bonchev–Trinajstić information content (AvgIpc) is 3.64. The number of unbranched alkanes of at least 4 members (excludes halogenated alkanes) is 70. The van der Waals surface area contributed by atoms with Crippen molar-refractivity contribution >= 4 is 11.9 Å². The molecule has 2 unspecified atom stereocenters. The minimum atomic E-state index is -0.662. The van der Waals surface area contributed by atoms with E-state index in [1.54, 1.807) is 0 Å². The third kappa shape index (κ3) is 79.5. The van der Waals surface area contributed by atoms with E-state index in [9.17, 15) is 19.8 Å². The van der Waals surface area contributed by atoms with Crippen LogP contribution in [0.1, 0.15) is 508 Å². The minimum Gasteiger partial charge on any atom is -0.466 e. The van der Waals surface area contributed by atoms with Crippen LogP contribution in [0.3, 0.4) is 0 Å². The van der Waals surface area contributed by atoms with Crippen LogP contribution in [-0.4, -0.2) is 47.4 Å². The van der Waals surface area contributed by atoms with Gasteiger partial charge in [-0.25, -0.2) is 0 Å². The van der Waals surface area contributed by atoms with Crippen LogP contribution >= 0.6 is 0 Å². The Bertz CT molecular complexity index is 1420. The van der Waals surface area contributed by atoms with E-state index >= 15 is 0 Å². The van der Waals surface area contributed by atoms with Gasteiger partial charge in [-0.15, -0.1) is 0 Å². The fourth-order valence-electron chi connectivity index (χ4n) is 14.2. The highest BCUT2D eigenvalue weighted by Crippen LogP contribution is 2.21. The Morgan fingerprint density at radius 2 is 0.505 bits per heavy atom. The van der Waals surface area contributed by atoms with Crippen molar-refractivity contribution < 1.29 is 24.5 Å². The number of carbonyl (C=O) groups is 2. The molecule has 0 aliphatic heterocycles. The highest BCUT2D eigenvalue weighted by Gasteiger charge is 2.20. The van der Waals surface area contributed by atoms with E-state index in [-0.39, 0.29) is 18.5 Å². The predicted molar refractivity (Wildman–Crippen MR) is 412 cm³/mol. The summed E-state index contributed by atoms with van der Waals surface area (Å²) in [6.07, 6.45) is 106. The van der Waals surface area contributed by atoms with Crippen LogP contribution in [0.15, 0.2) is 12.2 Å². The number of aliphatic hydroxyl groups is 2. The van der Waals surface area contributed by atoms with Gasteiger partial charge in [-0.1, -0.05) is 456 Å². The van der Waals surface area contributed by atoms with Crippen molar-refractivity contribution in [3.05, 3.63) is 12.2 Å². The third-order valence-electron chi connectivity index (χ3n) is 20.8. The van der Waals surface area contributed by atoms with E-state index in [0.29, 0.717) is 25.9 Å². The van der Waals surface area contributed by atoms with Gasteiger partial charge in [-0.3, -0.25) is 9.59 Å². The molecule has 2 atom stereocenters. The molecule has 0 rings (SSSR count). The molecule has 0 heterocycles. The van der Waals surface area contributed by atoms with E-state index < -0.39 is 12.1 Å². The molecule has 6 nitrogen and oxygen atoms in total. The van der Waals surface area contributed by atoms with Crippen LogP contribution in [0.5, 0.6) is 0 Å². The zero-order chi connectivity index (χ0) is 67.0. The van der Waals surface area contributed by atoms with Gasteiger partial charge < -0.3 is 20.3 Å². The van der Waals surface area contributed by atoms with Gasteiger partial charge in [0.1, 0.15) is 0 Å². The number of ether oxygens (including phenoxy) is 1. The number of rotatable bonds is 83. The molecule has 1 amide bonds. The summed E-state index contributed by atoms with van der Waals surface area (Å²) in [5.41, 5.74) is 0. The van der Waals surface area contributed by atoms with Gasteiger partial charge in [0, 0.05) is 12.8 Å². The number of carbonyl (C=O) groups excluding carboxylic acids is 2. The molecule has 0 aliphatic rings. The van der Waals surface area contributed by atoms with Gasteiger partial charge in [0.2, 0.25) is 5.91 Å². The fraction of sp³-hybridized carbons (Fsp3) is 0.954. The first-order valence-electron chi connectivity index (χ1n) is 43.4. The zero-order valence-corrected chi connectivity index (χ0v) is 63.8. The Labute approximate surface area is 584 Å². The van der Waals surface area contributed by atoms with Crippen LogP contribution in [0.4, 0.5) is 0 Å². The van der Waals surface area contributed by atoms with E-state index in [0.717, 1.165) is 38.5 Å². The maximum absolute atomic E-state index is 12.6. The number of esters is 1. The lowest BCUT2D eigenvalue weighted by molar-refractivity contribution is -0.143. The quantitative estimate of drug-likeness (QED) is 0.0320. The Hall–Kier alpha value is -1.40. The molecule has 93 heavy (non-hydrogen) atoms. The normalized spacial score (nSPS) is 12.4.